The number of carbonyl (C=O) groups excluding carboxylic acids is 2. The monoisotopic (exact) mass is 510 g/mol. The number of H-pyrrole nitrogens is 1. The third-order valence-corrected chi connectivity index (χ3v) is 8.54. The van der Waals surface area contributed by atoms with Crippen molar-refractivity contribution < 1.29 is 14.3 Å². The van der Waals surface area contributed by atoms with Crippen LogP contribution in [0.25, 0.3) is 10.9 Å². The molecular weight excluding hydrogens is 476 g/mol. The van der Waals surface area contributed by atoms with Crippen molar-refractivity contribution in [1.82, 2.24) is 15.2 Å². The Kier molecular flexibility index (Phi) is 6.57. The van der Waals surface area contributed by atoms with Gasteiger partial charge in [-0.3, -0.25) is 9.59 Å². The lowest BCUT2D eigenvalue weighted by atomic mass is 9.76. The van der Waals surface area contributed by atoms with Crippen LogP contribution in [0.15, 0.2) is 48.5 Å². The Bertz CT molecular complexity index is 1390. The van der Waals surface area contributed by atoms with E-state index in [1.807, 2.05) is 35.2 Å². The second-order valence-electron chi connectivity index (χ2n) is 11.1. The number of ether oxygens (including phenoxy) is 1. The molecule has 1 aliphatic heterocycles. The molecule has 2 fully saturated rings. The molecule has 2 amide bonds. The summed E-state index contributed by atoms with van der Waals surface area (Å²) in [6.45, 7) is 1.75. The number of nitriles is 1. The van der Waals surface area contributed by atoms with Crippen molar-refractivity contribution in [2.45, 2.75) is 70.1 Å². The quantitative estimate of drug-likeness (QED) is 0.467. The number of fused-ring (bicyclic) bond motifs is 3. The molecule has 2 aromatic carbocycles. The van der Waals surface area contributed by atoms with Crippen LogP contribution >= 0.6 is 0 Å². The average molecular weight is 511 g/mol. The molecule has 2 N–H and O–H groups in total. The Balaban J connectivity index is 1.16. The number of nitrogens with zero attached hydrogens (tertiary/aromatic N) is 2. The molecule has 0 unspecified atom stereocenters. The third kappa shape index (κ3) is 4.88. The molecule has 6 rings (SSSR count). The van der Waals surface area contributed by atoms with Gasteiger partial charge in [0.2, 0.25) is 11.8 Å². The minimum atomic E-state index is -0.659. The van der Waals surface area contributed by atoms with Gasteiger partial charge in [0.15, 0.2) is 0 Å². The zero-order chi connectivity index (χ0) is 26.1. The van der Waals surface area contributed by atoms with Gasteiger partial charge in [0.05, 0.1) is 11.6 Å². The van der Waals surface area contributed by atoms with E-state index in [9.17, 15) is 14.9 Å². The standard InChI is InChI=1S/C31H34N4O3/c32-20-31(14-15-31)34-28(36)17-22-9-4-5-10-23(22)30(37)35-16-13-26-25(18-35)24-11-6-12-27(29(24)33-26)38-19-21-7-2-1-3-8-21/h1-3,6-8,11-12,22-23,33H,4-5,9-10,13-19H2,(H,34,36)/t22-,23-/m1/s1. The fourth-order valence-electron chi connectivity index (χ4n) is 6.21. The molecule has 0 spiro atoms. The number of aromatic amines is 1. The Morgan fingerprint density at radius 2 is 1.92 bits per heavy atom. The average Bonchev–Trinajstić information content (AvgIpc) is 3.62. The van der Waals surface area contributed by atoms with Gasteiger partial charge in [0, 0.05) is 48.5 Å². The van der Waals surface area contributed by atoms with Crippen LogP contribution < -0.4 is 10.1 Å². The fourth-order valence-corrected chi connectivity index (χ4v) is 6.21. The summed E-state index contributed by atoms with van der Waals surface area (Å²) in [6.07, 6.45) is 6.33. The molecule has 3 aliphatic rings. The highest BCUT2D eigenvalue weighted by Gasteiger charge is 2.45. The summed E-state index contributed by atoms with van der Waals surface area (Å²) >= 11 is 0. The molecule has 196 valence electrons. The van der Waals surface area contributed by atoms with Gasteiger partial charge in [-0.15, -0.1) is 0 Å². The normalized spacial score (nSPS) is 21.8. The first kappa shape index (κ1) is 24.5. The molecule has 7 heteroatoms. The lowest BCUT2D eigenvalue weighted by Crippen LogP contribution is -2.44. The second-order valence-corrected chi connectivity index (χ2v) is 11.1. The number of aromatic nitrogens is 1. The molecule has 3 aromatic rings. The smallest absolute Gasteiger partial charge is 0.226 e. The van der Waals surface area contributed by atoms with Crippen LogP contribution in [0.1, 0.15) is 61.8 Å². The second kappa shape index (κ2) is 10.2. The van der Waals surface area contributed by atoms with Crippen LogP contribution in [0.4, 0.5) is 0 Å². The Hall–Kier alpha value is -3.79. The Labute approximate surface area is 223 Å². The molecule has 2 heterocycles. The molecule has 38 heavy (non-hydrogen) atoms. The largest absolute Gasteiger partial charge is 0.487 e. The minimum absolute atomic E-state index is 0.0353. The maximum atomic E-state index is 13.8. The molecular formula is C31H34N4O3. The van der Waals surface area contributed by atoms with Gasteiger partial charge in [-0.25, -0.2) is 0 Å². The molecule has 1 aromatic heterocycles. The number of benzene rings is 2. The topological polar surface area (TPSA) is 98.2 Å². The highest BCUT2D eigenvalue weighted by molar-refractivity contribution is 5.90. The number of carbonyl (C=O) groups is 2. The molecule has 2 saturated carbocycles. The molecule has 0 saturated heterocycles. The fraction of sp³-hybridized carbons (Fsp3) is 0.452. The molecule has 2 atom stereocenters. The summed E-state index contributed by atoms with van der Waals surface area (Å²) in [5, 5.41) is 13.3. The van der Waals surface area contributed by atoms with Gasteiger partial charge in [0.25, 0.3) is 0 Å². The molecule has 0 bridgehead atoms. The van der Waals surface area contributed by atoms with E-state index in [4.69, 9.17) is 4.74 Å². The van der Waals surface area contributed by atoms with Crippen molar-refractivity contribution in [2.24, 2.45) is 11.8 Å². The minimum Gasteiger partial charge on any atom is -0.487 e. The highest BCUT2D eigenvalue weighted by atomic mass is 16.5. The SMILES string of the molecule is N#CC1(NC(=O)C[C@H]2CCCC[C@H]2C(=O)N2CCc3[nH]c4c(OCc5ccccc5)cccc4c3C2)CC1. The first-order valence-corrected chi connectivity index (χ1v) is 13.9. The van der Waals surface area contributed by atoms with Crippen molar-refractivity contribution in [1.29, 1.82) is 5.26 Å². The molecule has 0 radical (unpaired) electrons. The van der Waals surface area contributed by atoms with Gasteiger partial charge in [-0.1, -0.05) is 55.3 Å². The van der Waals surface area contributed by atoms with Crippen LogP contribution in [0.2, 0.25) is 0 Å². The number of rotatable bonds is 7. The van der Waals surface area contributed by atoms with Gasteiger partial charge in [-0.05, 0) is 43.2 Å². The van der Waals surface area contributed by atoms with Crippen LogP contribution in [-0.4, -0.2) is 33.8 Å². The van der Waals surface area contributed by atoms with Crippen LogP contribution in [0.5, 0.6) is 5.75 Å². The summed E-state index contributed by atoms with van der Waals surface area (Å²) in [4.78, 5) is 32.1. The van der Waals surface area contributed by atoms with E-state index >= 15 is 0 Å². The van der Waals surface area contributed by atoms with Crippen LogP contribution in [0, 0.1) is 23.2 Å². The van der Waals surface area contributed by atoms with E-state index in [2.05, 4.69) is 34.6 Å². The maximum Gasteiger partial charge on any atom is 0.226 e. The third-order valence-electron chi connectivity index (χ3n) is 8.54. The zero-order valence-corrected chi connectivity index (χ0v) is 21.7. The summed E-state index contributed by atoms with van der Waals surface area (Å²) in [5.74, 6) is 0.800. The number of hydrogen-bond acceptors (Lipinski definition) is 4. The van der Waals surface area contributed by atoms with Crippen LogP contribution in [0.3, 0.4) is 0 Å². The number of amides is 2. The predicted molar refractivity (Wildman–Crippen MR) is 144 cm³/mol. The zero-order valence-electron chi connectivity index (χ0n) is 21.7. The van der Waals surface area contributed by atoms with E-state index in [1.54, 1.807) is 0 Å². The first-order chi connectivity index (χ1) is 18.5. The number of hydrogen-bond donors (Lipinski definition) is 2. The van der Waals surface area contributed by atoms with Crippen molar-refractivity contribution in [3.63, 3.8) is 0 Å². The van der Waals surface area contributed by atoms with Crippen molar-refractivity contribution in [3.05, 3.63) is 65.4 Å². The Morgan fingerprint density at radius 1 is 1.11 bits per heavy atom. The predicted octanol–water partition coefficient (Wildman–Crippen LogP) is 5.00. The van der Waals surface area contributed by atoms with E-state index < -0.39 is 5.54 Å². The van der Waals surface area contributed by atoms with Crippen LogP contribution in [-0.2, 0) is 29.2 Å². The van der Waals surface area contributed by atoms with E-state index in [0.29, 0.717) is 26.1 Å². The lowest BCUT2D eigenvalue weighted by molar-refractivity contribution is -0.140. The maximum absolute atomic E-state index is 13.8. The Morgan fingerprint density at radius 3 is 2.71 bits per heavy atom. The van der Waals surface area contributed by atoms with Gasteiger partial charge < -0.3 is 19.9 Å². The summed E-state index contributed by atoms with van der Waals surface area (Å²) in [5.41, 5.74) is 3.79. The van der Waals surface area contributed by atoms with Crippen molar-refractivity contribution in [3.8, 4) is 11.8 Å². The molecule has 2 aliphatic carbocycles. The highest BCUT2D eigenvalue weighted by Crippen LogP contribution is 2.38. The number of nitrogens with one attached hydrogen (secondary N) is 2. The van der Waals surface area contributed by atoms with E-state index in [-0.39, 0.29) is 23.7 Å². The van der Waals surface area contributed by atoms with E-state index in [0.717, 1.165) is 67.2 Å². The summed E-state index contributed by atoms with van der Waals surface area (Å²) in [6, 6.07) is 18.5. The van der Waals surface area contributed by atoms with Crippen molar-refractivity contribution >= 4 is 22.7 Å². The first-order valence-electron chi connectivity index (χ1n) is 13.9. The van der Waals surface area contributed by atoms with Gasteiger partial charge in [0.1, 0.15) is 17.9 Å². The summed E-state index contributed by atoms with van der Waals surface area (Å²) in [7, 11) is 0. The summed E-state index contributed by atoms with van der Waals surface area (Å²) < 4.78 is 6.18. The van der Waals surface area contributed by atoms with Gasteiger partial charge in [-0.2, -0.15) is 5.26 Å². The van der Waals surface area contributed by atoms with Crippen molar-refractivity contribution in [2.75, 3.05) is 6.54 Å². The van der Waals surface area contributed by atoms with E-state index in [1.165, 1.54) is 11.3 Å². The number of para-hydroxylation sites is 1. The van der Waals surface area contributed by atoms with Gasteiger partial charge >= 0.3 is 0 Å². The molecule has 7 nitrogen and oxygen atoms in total. The lowest BCUT2D eigenvalue weighted by Gasteiger charge is -2.36.